The van der Waals surface area contributed by atoms with Crippen LogP contribution in [0.3, 0.4) is 0 Å². The number of hydrogen-bond donors (Lipinski definition) is 1. The maximum Gasteiger partial charge on any atom is 0.229 e. The zero-order valence-electron chi connectivity index (χ0n) is 10.6. The summed E-state index contributed by atoms with van der Waals surface area (Å²) >= 11 is 0. The van der Waals surface area contributed by atoms with Crippen molar-refractivity contribution in [2.24, 2.45) is 0 Å². The lowest BCUT2D eigenvalue weighted by atomic mass is 10.1. The van der Waals surface area contributed by atoms with Gasteiger partial charge in [-0.15, -0.1) is 0 Å². The molecule has 1 aliphatic rings. The molecule has 1 aliphatic heterocycles. The number of benzene rings is 1. The monoisotopic (exact) mass is 257 g/mol. The highest BCUT2D eigenvalue weighted by Gasteiger charge is 2.28. The molecule has 1 N–H and O–H groups in total. The van der Waals surface area contributed by atoms with Crippen LogP contribution in [0.25, 0.3) is 0 Å². The summed E-state index contributed by atoms with van der Waals surface area (Å²) in [7, 11) is 0. The lowest BCUT2D eigenvalue weighted by Gasteiger charge is -2.14. The second-order valence-electron chi connectivity index (χ2n) is 4.31. The van der Waals surface area contributed by atoms with Crippen LogP contribution in [-0.4, -0.2) is 28.4 Å². The maximum atomic E-state index is 11.6. The van der Waals surface area contributed by atoms with Crippen LogP contribution in [0, 0.1) is 11.8 Å². The average molecular weight is 257 g/mol. The fourth-order valence-corrected chi connectivity index (χ4v) is 1.96. The Morgan fingerprint density at radius 2 is 1.84 bits per heavy atom. The molecule has 2 rings (SSSR count). The van der Waals surface area contributed by atoms with Crippen LogP contribution in [0.5, 0.6) is 0 Å². The SMILES string of the molecule is O=C1CCC(=O)N1Cc1ccccc1C#CCCO. The van der Waals surface area contributed by atoms with E-state index in [1.807, 2.05) is 24.3 Å². The van der Waals surface area contributed by atoms with Gasteiger partial charge in [0.05, 0.1) is 13.2 Å². The fraction of sp³-hybridized carbons (Fsp3) is 0.333. The zero-order chi connectivity index (χ0) is 13.7. The number of hydrogen-bond acceptors (Lipinski definition) is 3. The van der Waals surface area contributed by atoms with E-state index in [4.69, 9.17) is 5.11 Å². The lowest BCUT2D eigenvalue weighted by Crippen LogP contribution is -2.28. The van der Waals surface area contributed by atoms with Gasteiger partial charge < -0.3 is 5.11 Å². The second kappa shape index (κ2) is 6.17. The molecule has 1 aromatic rings. The molecule has 0 unspecified atom stereocenters. The summed E-state index contributed by atoms with van der Waals surface area (Å²) in [6, 6.07) is 7.43. The van der Waals surface area contributed by atoms with E-state index in [9.17, 15) is 9.59 Å². The molecule has 4 nitrogen and oxygen atoms in total. The van der Waals surface area contributed by atoms with Gasteiger partial charge in [-0.3, -0.25) is 14.5 Å². The van der Waals surface area contributed by atoms with E-state index in [1.54, 1.807) is 0 Å². The first-order chi connectivity index (χ1) is 9.22. The highest BCUT2D eigenvalue weighted by Crippen LogP contribution is 2.17. The van der Waals surface area contributed by atoms with Crippen molar-refractivity contribution in [3.8, 4) is 11.8 Å². The number of carbonyl (C=O) groups is 2. The number of rotatable bonds is 3. The number of amides is 2. The molecule has 1 fully saturated rings. The number of likely N-dealkylation sites (tertiary alicyclic amines) is 1. The van der Waals surface area contributed by atoms with E-state index in [0.29, 0.717) is 19.3 Å². The normalized spacial score (nSPS) is 14.5. The molecule has 19 heavy (non-hydrogen) atoms. The average Bonchev–Trinajstić information content (AvgIpc) is 2.73. The topological polar surface area (TPSA) is 57.6 Å². The summed E-state index contributed by atoms with van der Waals surface area (Å²) < 4.78 is 0. The number of aliphatic hydroxyl groups excluding tert-OH is 1. The minimum Gasteiger partial charge on any atom is -0.395 e. The van der Waals surface area contributed by atoms with E-state index >= 15 is 0 Å². The number of nitrogens with zero attached hydrogens (tertiary/aromatic N) is 1. The molecule has 1 heterocycles. The van der Waals surface area contributed by atoms with Crippen molar-refractivity contribution in [2.75, 3.05) is 6.61 Å². The predicted octanol–water partition coefficient (Wildman–Crippen LogP) is 1.07. The largest absolute Gasteiger partial charge is 0.395 e. The van der Waals surface area contributed by atoms with Crippen LogP contribution >= 0.6 is 0 Å². The predicted molar refractivity (Wildman–Crippen MR) is 69.8 cm³/mol. The van der Waals surface area contributed by atoms with Crippen LogP contribution in [0.2, 0.25) is 0 Å². The van der Waals surface area contributed by atoms with E-state index in [-0.39, 0.29) is 25.0 Å². The second-order valence-corrected chi connectivity index (χ2v) is 4.31. The number of imide groups is 1. The Kier molecular flexibility index (Phi) is 4.32. The maximum absolute atomic E-state index is 11.6. The van der Waals surface area contributed by atoms with Gasteiger partial charge in [-0.25, -0.2) is 0 Å². The highest BCUT2D eigenvalue weighted by atomic mass is 16.2. The van der Waals surface area contributed by atoms with Gasteiger partial charge in [-0.05, 0) is 11.6 Å². The van der Waals surface area contributed by atoms with Gasteiger partial charge in [0.15, 0.2) is 0 Å². The van der Waals surface area contributed by atoms with Crippen LogP contribution < -0.4 is 0 Å². The van der Waals surface area contributed by atoms with Crippen LogP contribution in [0.4, 0.5) is 0 Å². The fourth-order valence-electron chi connectivity index (χ4n) is 1.96. The summed E-state index contributed by atoms with van der Waals surface area (Å²) in [6.07, 6.45) is 1.02. The summed E-state index contributed by atoms with van der Waals surface area (Å²) in [5.74, 6) is 5.57. The molecule has 1 saturated heterocycles. The Morgan fingerprint density at radius 1 is 1.16 bits per heavy atom. The molecule has 2 amide bonds. The smallest absolute Gasteiger partial charge is 0.229 e. The molecule has 0 radical (unpaired) electrons. The molecular formula is C15H15NO3. The molecular weight excluding hydrogens is 242 g/mol. The number of carbonyl (C=O) groups excluding carboxylic acids is 2. The lowest BCUT2D eigenvalue weighted by molar-refractivity contribution is -0.139. The molecule has 4 heteroatoms. The van der Waals surface area contributed by atoms with Crippen molar-refractivity contribution < 1.29 is 14.7 Å². The quantitative estimate of drug-likeness (QED) is 0.651. The zero-order valence-corrected chi connectivity index (χ0v) is 10.6. The van der Waals surface area contributed by atoms with Gasteiger partial charge in [-0.1, -0.05) is 30.0 Å². The van der Waals surface area contributed by atoms with E-state index in [2.05, 4.69) is 11.8 Å². The van der Waals surface area contributed by atoms with E-state index < -0.39 is 0 Å². The van der Waals surface area contributed by atoms with Crippen molar-refractivity contribution in [3.05, 3.63) is 35.4 Å². The summed E-state index contributed by atoms with van der Waals surface area (Å²) in [5.41, 5.74) is 1.65. The van der Waals surface area contributed by atoms with Crippen molar-refractivity contribution in [1.29, 1.82) is 0 Å². The summed E-state index contributed by atoms with van der Waals surface area (Å²) in [6.45, 7) is 0.305. The molecule has 0 aliphatic carbocycles. The van der Waals surface area contributed by atoms with Crippen LogP contribution in [0.15, 0.2) is 24.3 Å². The van der Waals surface area contributed by atoms with Crippen LogP contribution in [-0.2, 0) is 16.1 Å². The van der Waals surface area contributed by atoms with E-state index in [0.717, 1.165) is 11.1 Å². The Morgan fingerprint density at radius 3 is 2.53 bits per heavy atom. The van der Waals surface area contributed by atoms with E-state index in [1.165, 1.54) is 4.90 Å². The van der Waals surface area contributed by atoms with Gasteiger partial charge in [0, 0.05) is 24.8 Å². The minimum absolute atomic E-state index is 0.0261. The highest BCUT2D eigenvalue weighted by molar-refractivity contribution is 6.01. The summed E-state index contributed by atoms with van der Waals surface area (Å²) in [4.78, 5) is 24.5. The van der Waals surface area contributed by atoms with Gasteiger partial charge >= 0.3 is 0 Å². The third-order valence-corrected chi connectivity index (χ3v) is 2.96. The molecule has 1 aromatic carbocycles. The number of aliphatic hydroxyl groups is 1. The molecule has 98 valence electrons. The Labute approximate surface area is 112 Å². The van der Waals surface area contributed by atoms with Crippen LogP contribution in [0.1, 0.15) is 30.4 Å². The third kappa shape index (κ3) is 3.21. The Bertz CT molecular complexity index is 538. The molecule has 0 saturated carbocycles. The van der Waals surface area contributed by atoms with Gasteiger partial charge in [0.25, 0.3) is 0 Å². The molecule has 0 aromatic heterocycles. The third-order valence-electron chi connectivity index (χ3n) is 2.96. The van der Waals surface area contributed by atoms with Gasteiger partial charge in [0.1, 0.15) is 0 Å². The first-order valence-corrected chi connectivity index (χ1v) is 6.23. The summed E-state index contributed by atoms with van der Waals surface area (Å²) in [5, 5.41) is 8.71. The molecule has 0 atom stereocenters. The van der Waals surface area contributed by atoms with Crippen molar-refractivity contribution in [1.82, 2.24) is 4.90 Å². The Hall–Kier alpha value is -2.12. The van der Waals surface area contributed by atoms with Gasteiger partial charge in [-0.2, -0.15) is 0 Å². The Balaban J connectivity index is 2.19. The standard InChI is InChI=1S/C15H15NO3/c17-10-4-3-6-12-5-1-2-7-13(12)11-16-14(18)8-9-15(16)19/h1-2,5,7,17H,4,8-11H2. The minimum atomic E-state index is -0.122. The molecule has 0 bridgehead atoms. The van der Waals surface area contributed by atoms with Crippen molar-refractivity contribution in [3.63, 3.8) is 0 Å². The van der Waals surface area contributed by atoms with Gasteiger partial charge in [0.2, 0.25) is 11.8 Å². The van der Waals surface area contributed by atoms with Crippen molar-refractivity contribution >= 4 is 11.8 Å². The molecule has 0 spiro atoms. The first-order valence-electron chi connectivity index (χ1n) is 6.23. The first kappa shape index (κ1) is 13.3. The van der Waals surface area contributed by atoms with Crippen molar-refractivity contribution in [2.45, 2.75) is 25.8 Å².